The molecule has 4 heterocycles. The second kappa shape index (κ2) is 8.58. The predicted molar refractivity (Wildman–Crippen MR) is 132 cm³/mol. The van der Waals surface area contributed by atoms with E-state index in [0.717, 1.165) is 0 Å². The molecule has 3 N–H and O–H groups in total. The Hall–Kier alpha value is -1.88. The van der Waals surface area contributed by atoms with Gasteiger partial charge >= 0.3 is 17.9 Å². The number of esters is 3. The lowest BCUT2D eigenvalue weighted by molar-refractivity contribution is -0.240. The molecule has 3 unspecified atom stereocenters. The number of ether oxygens (including phenoxy) is 5. The summed E-state index contributed by atoms with van der Waals surface area (Å²) in [6.07, 6.45) is -5.30. The zero-order valence-corrected chi connectivity index (χ0v) is 24.3. The maximum atomic E-state index is 13.7. The van der Waals surface area contributed by atoms with Crippen molar-refractivity contribution in [1.82, 2.24) is 4.90 Å². The third kappa shape index (κ3) is 3.19. The summed E-state index contributed by atoms with van der Waals surface area (Å²) in [6.45, 7) is 8.16. The molecule has 2 spiro atoms. The zero-order valence-electron chi connectivity index (χ0n) is 23.4. The van der Waals surface area contributed by atoms with E-state index in [1.807, 2.05) is 39.8 Å². The van der Waals surface area contributed by atoms with Gasteiger partial charge in [-0.25, -0.2) is 9.59 Å². The Morgan fingerprint density at radius 1 is 1.10 bits per heavy atom. The molecule has 40 heavy (non-hydrogen) atoms. The van der Waals surface area contributed by atoms with E-state index < -0.39 is 92.1 Å². The van der Waals surface area contributed by atoms with Crippen molar-refractivity contribution in [2.75, 3.05) is 33.5 Å². The van der Waals surface area contributed by atoms with E-state index in [1.54, 1.807) is 0 Å². The highest BCUT2D eigenvalue weighted by Gasteiger charge is 3.04. The van der Waals surface area contributed by atoms with E-state index >= 15 is 0 Å². The lowest BCUT2D eigenvalue weighted by Crippen LogP contribution is -2.67. The van der Waals surface area contributed by atoms with Crippen LogP contribution in [0.5, 0.6) is 0 Å². The van der Waals surface area contributed by atoms with Crippen LogP contribution in [-0.4, -0.2) is 121 Å². The number of nitrogens with zero attached hydrogens (tertiary/aromatic N) is 1. The number of hydrogen-bond acceptors (Lipinski definition) is 13. The van der Waals surface area contributed by atoms with E-state index in [9.17, 15) is 33.0 Å². The fourth-order valence-corrected chi connectivity index (χ4v) is 8.65. The largest absolute Gasteiger partial charge is 0.459 e. The van der Waals surface area contributed by atoms with Gasteiger partial charge in [-0.2, -0.15) is 8.42 Å². The van der Waals surface area contributed by atoms with Crippen molar-refractivity contribution in [3.63, 3.8) is 0 Å². The average Bonchev–Trinajstić information content (AvgIpc) is 3.50. The van der Waals surface area contributed by atoms with Crippen molar-refractivity contribution in [2.45, 2.75) is 76.0 Å². The average molecular weight is 592 g/mol. The number of carbonyl (C=O) groups excluding carboxylic acids is 3. The molecular weight excluding hydrogens is 554 g/mol. The number of aliphatic hydroxyl groups excluding tert-OH is 1. The van der Waals surface area contributed by atoms with Crippen LogP contribution in [0.15, 0.2) is 0 Å². The Morgan fingerprint density at radius 2 is 1.70 bits per heavy atom. The fraction of sp³-hybridized carbons (Fsp3) is 0.880. The summed E-state index contributed by atoms with van der Waals surface area (Å²) in [5.74, 6) is -3.80. The van der Waals surface area contributed by atoms with Crippen LogP contribution in [-0.2, 0) is 48.2 Å². The maximum Gasteiger partial charge on any atom is 0.343 e. The Morgan fingerprint density at radius 3 is 2.25 bits per heavy atom. The number of likely N-dealkylation sites (N-methyl/N-ethyl adjacent to an activating group) is 1. The summed E-state index contributed by atoms with van der Waals surface area (Å²) in [6, 6.07) is 0. The molecule has 6 aliphatic rings. The van der Waals surface area contributed by atoms with Crippen LogP contribution in [0.3, 0.4) is 0 Å². The number of hydrogen-bond donors (Lipinski definition) is 3. The number of aliphatic hydroxyl groups is 2. The second-order valence-corrected chi connectivity index (χ2v) is 14.5. The molecule has 226 valence electrons. The fourth-order valence-electron chi connectivity index (χ4n) is 8.65. The summed E-state index contributed by atoms with van der Waals surface area (Å²) in [5, 5.41) is 24.1. The van der Waals surface area contributed by atoms with Crippen molar-refractivity contribution in [1.29, 1.82) is 0 Å². The summed E-state index contributed by atoms with van der Waals surface area (Å²) in [5.41, 5.74) is -7.81. The van der Waals surface area contributed by atoms with Crippen LogP contribution >= 0.6 is 0 Å². The molecule has 4 aliphatic heterocycles. The minimum absolute atomic E-state index is 0.190. The van der Waals surface area contributed by atoms with Crippen molar-refractivity contribution < 1.29 is 61.3 Å². The molecule has 0 aromatic carbocycles. The Balaban J connectivity index is 0.000000595. The Kier molecular flexibility index (Phi) is 6.35. The summed E-state index contributed by atoms with van der Waals surface area (Å²) >= 11 is 0. The van der Waals surface area contributed by atoms with E-state index in [-0.39, 0.29) is 12.5 Å². The van der Waals surface area contributed by atoms with Crippen molar-refractivity contribution in [3.8, 4) is 0 Å². The second-order valence-electron chi connectivity index (χ2n) is 13.1. The SMILES string of the molecule is CS(=O)(=O)O.C[C@@H]1C(=O)O[C@H]2[C@H](O)C34[C@H]5C[C@@H](C(C)(C)C)C36[C@H](OC(=O)[C@@H]6OCCN(C)C)OC4(C(=O)O5)[C@@]12O. The summed E-state index contributed by atoms with van der Waals surface area (Å²) in [4.78, 5) is 41.5. The molecule has 6 fully saturated rings. The van der Waals surface area contributed by atoms with Gasteiger partial charge < -0.3 is 38.8 Å². The quantitative estimate of drug-likeness (QED) is 0.199. The van der Waals surface area contributed by atoms with Crippen molar-refractivity contribution >= 4 is 28.0 Å². The number of carbonyl (C=O) groups is 3. The van der Waals surface area contributed by atoms with Gasteiger partial charge in [-0.15, -0.1) is 0 Å². The molecule has 14 nitrogen and oxygen atoms in total. The third-order valence-corrected chi connectivity index (χ3v) is 9.79. The minimum atomic E-state index is -3.67. The lowest BCUT2D eigenvalue weighted by Gasteiger charge is -2.48. The molecular formula is C25H37NO13S. The third-order valence-electron chi connectivity index (χ3n) is 9.79. The molecule has 6 rings (SSSR count). The highest BCUT2D eigenvalue weighted by atomic mass is 32.2. The highest BCUT2D eigenvalue weighted by Crippen LogP contribution is 2.84. The first kappa shape index (κ1) is 29.6. The van der Waals surface area contributed by atoms with Crippen molar-refractivity contribution in [3.05, 3.63) is 0 Å². The van der Waals surface area contributed by atoms with Crippen molar-refractivity contribution in [2.24, 2.45) is 28.1 Å². The molecule has 11 atom stereocenters. The van der Waals surface area contributed by atoms with E-state index in [1.165, 1.54) is 6.92 Å². The molecule has 4 saturated heterocycles. The van der Waals surface area contributed by atoms with Crippen LogP contribution in [0.1, 0.15) is 34.1 Å². The summed E-state index contributed by atoms with van der Waals surface area (Å²) < 4.78 is 55.6. The number of rotatable bonds is 4. The van der Waals surface area contributed by atoms with Crippen LogP contribution in [0.25, 0.3) is 0 Å². The first-order valence-electron chi connectivity index (χ1n) is 13.1. The van der Waals surface area contributed by atoms with E-state index in [2.05, 4.69) is 0 Å². The Bertz CT molecular complexity index is 1240. The smallest absolute Gasteiger partial charge is 0.343 e. The monoisotopic (exact) mass is 591 g/mol. The number of fused-ring (bicyclic) bond motifs is 1. The van der Waals surface area contributed by atoms with Gasteiger partial charge in [0.2, 0.25) is 11.9 Å². The normalized spacial score (nSPS) is 48.2. The van der Waals surface area contributed by atoms with Crippen LogP contribution in [0, 0.1) is 28.1 Å². The first-order valence-corrected chi connectivity index (χ1v) is 15.0. The van der Waals surface area contributed by atoms with Gasteiger partial charge in [0, 0.05) is 6.54 Å². The van der Waals surface area contributed by atoms with Gasteiger partial charge in [-0.1, -0.05) is 20.8 Å². The van der Waals surface area contributed by atoms with Crippen LogP contribution in [0.2, 0.25) is 0 Å². The van der Waals surface area contributed by atoms with E-state index in [0.29, 0.717) is 19.2 Å². The van der Waals surface area contributed by atoms with Gasteiger partial charge in [-0.3, -0.25) is 9.35 Å². The van der Waals surface area contributed by atoms with Gasteiger partial charge in [-0.05, 0) is 38.8 Å². The van der Waals surface area contributed by atoms with Gasteiger partial charge in [0.05, 0.1) is 29.6 Å². The molecule has 0 aromatic rings. The zero-order chi connectivity index (χ0) is 30.0. The molecule has 0 radical (unpaired) electrons. The highest BCUT2D eigenvalue weighted by molar-refractivity contribution is 7.85. The molecule has 0 amide bonds. The Labute approximate surface area is 231 Å². The predicted octanol–water partition coefficient (Wildman–Crippen LogP) is -1.28. The van der Waals surface area contributed by atoms with Crippen LogP contribution in [0.4, 0.5) is 0 Å². The molecule has 0 bridgehead atoms. The van der Waals surface area contributed by atoms with Gasteiger partial charge in [0.25, 0.3) is 10.1 Å². The topological polar surface area (TPSA) is 195 Å². The lowest BCUT2D eigenvalue weighted by atomic mass is 9.51. The van der Waals surface area contributed by atoms with Gasteiger partial charge in [0.15, 0.2) is 17.8 Å². The van der Waals surface area contributed by atoms with Gasteiger partial charge in [0.1, 0.15) is 12.2 Å². The standard InChI is InChI=1S/C24H33NO10.CH4O3S/c1-10-16(27)33-14-13(26)22-12-9-11(20(2,3)4)21(22)15(31-8-7-25(5)6)17(28)34-19(21)35-24(22,18(29)32-12)23(10,14)30;1-5(2,3)4/h10-15,19,26,30H,7-9H2,1-6H3;1H3,(H,2,3,4)/t10-,11+,12-,13+,14+,15+,19-,21?,22?,23-,24?;/m1./s1. The first-order chi connectivity index (χ1) is 18.2. The molecule has 2 saturated carbocycles. The molecule has 0 aromatic heterocycles. The summed E-state index contributed by atoms with van der Waals surface area (Å²) in [7, 11) is 0.0834. The molecule has 15 heteroatoms. The maximum absolute atomic E-state index is 13.7. The molecule has 2 aliphatic carbocycles. The van der Waals surface area contributed by atoms with E-state index in [4.69, 9.17) is 28.2 Å². The minimum Gasteiger partial charge on any atom is -0.459 e. The van der Waals surface area contributed by atoms with Crippen LogP contribution < -0.4 is 0 Å².